The minimum atomic E-state index is -0.816. The van der Waals surface area contributed by atoms with Crippen molar-refractivity contribution in [3.05, 3.63) is 54.6 Å². The normalized spacial score (nSPS) is 18.2. The molecule has 1 heterocycles. The van der Waals surface area contributed by atoms with Gasteiger partial charge in [-0.15, -0.1) is 0 Å². The Labute approximate surface area is 123 Å². The first-order chi connectivity index (χ1) is 10.1. The molecular formula is C16H16N2O3. The van der Waals surface area contributed by atoms with Crippen molar-refractivity contribution in [1.82, 2.24) is 4.90 Å². The smallest absolute Gasteiger partial charge is 0.326 e. The molecule has 0 radical (unpaired) electrons. The topological polar surface area (TPSA) is 53.0 Å². The molecule has 1 fully saturated rings. The van der Waals surface area contributed by atoms with Crippen LogP contribution in [0.4, 0.5) is 10.5 Å². The fraction of sp³-hybridized carbons (Fsp3) is 0.188. The molecule has 108 valence electrons. The molecular weight excluding hydrogens is 268 g/mol. The summed E-state index contributed by atoms with van der Waals surface area (Å²) in [5.74, 6) is 1.43. The molecule has 1 saturated heterocycles. The minimum Gasteiger partial charge on any atom is -0.457 e. The van der Waals surface area contributed by atoms with Crippen LogP contribution in [0.25, 0.3) is 0 Å². The molecule has 2 aromatic rings. The molecule has 3 rings (SSSR count). The fourth-order valence-corrected chi connectivity index (χ4v) is 2.30. The maximum Gasteiger partial charge on any atom is 0.326 e. The molecule has 0 aromatic heterocycles. The predicted molar refractivity (Wildman–Crippen MR) is 79.5 cm³/mol. The Morgan fingerprint density at radius 2 is 1.67 bits per heavy atom. The van der Waals surface area contributed by atoms with E-state index >= 15 is 0 Å². The van der Waals surface area contributed by atoms with Crippen LogP contribution in [0.3, 0.4) is 0 Å². The van der Waals surface area contributed by atoms with Crippen molar-refractivity contribution < 1.29 is 14.6 Å². The molecule has 1 unspecified atom stereocenters. The molecule has 21 heavy (non-hydrogen) atoms. The molecule has 0 spiro atoms. The summed E-state index contributed by atoms with van der Waals surface area (Å²) in [6, 6.07) is 16.3. The molecule has 1 N–H and O–H groups in total. The summed E-state index contributed by atoms with van der Waals surface area (Å²) in [5.41, 5.74) is 0.650. The van der Waals surface area contributed by atoms with Crippen LogP contribution in [-0.2, 0) is 0 Å². The third-order valence-electron chi connectivity index (χ3n) is 3.36. The van der Waals surface area contributed by atoms with E-state index in [1.165, 1.54) is 9.80 Å². The van der Waals surface area contributed by atoms with Crippen LogP contribution in [-0.4, -0.2) is 35.9 Å². The summed E-state index contributed by atoms with van der Waals surface area (Å²) < 4.78 is 5.69. The summed E-state index contributed by atoms with van der Waals surface area (Å²) in [6.07, 6.45) is -0.816. The van der Waals surface area contributed by atoms with Gasteiger partial charge in [-0.1, -0.05) is 18.2 Å². The zero-order valence-corrected chi connectivity index (χ0v) is 11.6. The van der Waals surface area contributed by atoms with E-state index in [4.69, 9.17) is 4.74 Å². The number of anilines is 1. The standard InChI is InChI=1S/C16H16N2O3/c1-17-11-15(19)18(16(17)20)12-7-9-14(10-8-12)21-13-5-3-2-4-6-13/h2-10,15,19H,11H2,1H3. The SMILES string of the molecule is CN1CC(O)N(c2ccc(Oc3ccccc3)cc2)C1=O. The number of nitrogens with zero attached hydrogens (tertiary/aromatic N) is 2. The lowest BCUT2D eigenvalue weighted by Crippen LogP contribution is -2.34. The molecule has 1 atom stereocenters. The Kier molecular flexibility index (Phi) is 3.50. The van der Waals surface area contributed by atoms with E-state index in [1.807, 2.05) is 30.3 Å². The first-order valence-corrected chi connectivity index (χ1v) is 6.70. The molecule has 2 amide bonds. The molecule has 0 bridgehead atoms. The van der Waals surface area contributed by atoms with Crippen LogP contribution in [0.5, 0.6) is 11.5 Å². The van der Waals surface area contributed by atoms with Crippen molar-refractivity contribution in [2.24, 2.45) is 0 Å². The van der Waals surface area contributed by atoms with E-state index in [2.05, 4.69) is 0 Å². The van der Waals surface area contributed by atoms with Gasteiger partial charge in [-0.2, -0.15) is 0 Å². The quantitative estimate of drug-likeness (QED) is 0.942. The maximum atomic E-state index is 12.0. The first kappa shape index (κ1) is 13.5. The number of hydrogen-bond donors (Lipinski definition) is 1. The van der Waals surface area contributed by atoms with Crippen LogP contribution in [0.15, 0.2) is 54.6 Å². The summed E-state index contributed by atoms with van der Waals surface area (Å²) in [4.78, 5) is 14.8. The number of amides is 2. The number of ether oxygens (including phenoxy) is 1. The lowest BCUT2D eigenvalue weighted by molar-refractivity contribution is 0.183. The Balaban J connectivity index is 1.77. The van der Waals surface area contributed by atoms with Crippen molar-refractivity contribution in [2.45, 2.75) is 6.23 Å². The number of hydrogen-bond acceptors (Lipinski definition) is 3. The second-order valence-corrected chi connectivity index (χ2v) is 4.92. The Morgan fingerprint density at radius 1 is 1.05 bits per heavy atom. The van der Waals surface area contributed by atoms with Gasteiger partial charge in [0.25, 0.3) is 0 Å². The van der Waals surface area contributed by atoms with E-state index in [-0.39, 0.29) is 6.03 Å². The number of carbonyl (C=O) groups is 1. The zero-order chi connectivity index (χ0) is 14.8. The van der Waals surface area contributed by atoms with Crippen LogP contribution in [0.1, 0.15) is 0 Å². The summed E-state index contributed by atoms with van der Waals surface area (Å²) in [5, 5.41) is 9.92. The number of carbonyl (C=O) groups excluding carboxylic acids is 1. The number of para-hydroxylation sites is 1. The second-order valence-electron chi connectivity index (χ2n) is 4.92. The van der Waals surface area contributed by atoms with E-state index in [1.54, 1.807) is 31.3 Å². The number of urea groups is 1. The van der Waals surface area contributed by atoms with Crippen molar-refractivity contribution in [2.75, 3.05) is 18.5 Å². The van der Waals surface area contributed by atoms with Gasteiger partial charge in [0, 0.05) is 12.7 Å². The highest BCUT2D eigenvalue weighted by molar-refractivity contribution is 5.94. The summed E-state index contributed by atoms with van der Waals surface area (Å²) in [6.45, 7) is 0.307. The number of aliphatic hydroxyl groups excluding tert-OH is 1. The fourth-order valence-electron chi connectivity index (χ4n) is 2.30. The Morgan fingerprint density at radius 3 is 2.24 bits per heavy atom. The number of rotatable bonds is 3. The lowest BCUT2D eigenvalue weighted by atomic mass is 10.2. The van der Waals surface area contributed by atoms with Crippen molar-refractivity contribution >= 4 is 11.7 Å². The minimum absolute atomic E-state index is 0.209. The molecule has 5 heteroatoms. The predicted octanol–water partition coefficient (Wildman–Crippen LogP) is 2.67. The van der Waals surface area contributed by atoms with Gasteiger partial charge in [-0.3, -0.25) is 4.90 Å². The Hall–Kier alpha value is -2.53. The number of benzene rings is 2. The Bertz CT molecular complexity index is 628. The first-order valence-electron chi connectivity index (χ1n) is 6.70. The van der Waals surface area contributed by atoms with Gasteiger partial charge in [0.2, 0.25) is 0 Å². The number of likely N-dealkylation sites (N-methyl/N-ethyl adjacent to an activating group) is 1. The average molecular weight is 284 g/mol. The largest absolute Gasteiger partial charge is 0.457 e. The van der Waals surface area contributed by atoms with Crippen molar-refractivity contribution in [3.8, 4) is 11.5 Å². The number of β-amino-alcohol motifs (C(OH)–C–C–N with tert-alkyl or cyclic N) is 1. The van der Waals surface area contributed by atoms with Gasteiger partial charge in [0.15, 0.2) is 6.23 Å². The van der Waals surface area contributed by atoms with Crippen LogP contribution >= 0.6 is 0 Å². The molecule has 1 aliphatic rings. The maximum absolute atomic E-state index is 12.0. The summed E-state index contributed by atoms with van der Waals surface area (Å²) >= 11 is 0. The van der Waals surface area contributed by atoms with Crippen molar-refractivity contribution in [3.63, 3.8) is 0 Å². The summed E-state index contributed by atoms with van der Waals surface area (Å²) in [7, 11) is 1.67. The highest BCUT2D eigenvalue weighted by Gasteiger charge is 2.34. The van der Waals surface area contributed by atoms with Gasteiger partial charge < -0.3 is 14.7 Å². The van der Waals surface area contributed by atoms with E-state index in [9.17, 15) is 9.90 Å². The van der Waals surface area contributed by atoms with E-state index < -0.39 is 6.23 Å². The van der Waals surface area contributed by atoms with Crippen LogP contribution < -0.4 is 9.64 Å². The third-order valence-corrected chi connectivity index (χ3v) is 3.36. The number of aliphatic hydroxyl groups is 1. The molecule has 1 aliphatic heterocycles. The monoisotopic (exact) mass is 284 g/mol. The average Bonchev–Trinajstić information content (AvgIpc) is 2.74. The zero-order valence-electron chi connectivity index (χ0n) is 11.6. The van der Waals surface area contributed by atoms with Gasteiger partial charge in [0.1, 0.15) is 11.5 Å². The van der Waals surface area contributed by atoms with Gasteiger partial charge >= 0.3 is 6.03 Å². The van der Waals surface area contributed by atoms with Crippen LogP contribution in [0.2, 0.25) is 0 Å². The molecule has 5 nitrogen and oxygen atoms in total. The van der Waals surface area contributed by atoms with E-state index in [0.717, 1.165) is 5.75 Å². The lowest BCUT2D eigenvalue weighted by Gasteiger charge is -2.19. The molecule has 0 saturated carbocycles. The van der Waals surface area contributed by atoms with Crippen molar-refractivity contribution in [1.29, 1.82) is 0 Å². The van der Waals surface area contributed by atoms with E-state index in [0.29, 0.717) is 18.0 Å². The molecule has 2 aromatic carbocycles. The highest BCUT2D eigenvalue weighted by atomic mass is 16.5. The van der Waals surface area contributed by atoms with Gasteiger partial charge in [0.05, 0.1) is 6.54 Å². The third kappa shape index (κ3) is 2.68. The molecule has 0 aliphatic carbocycles. The highest BCUT2D eigenvalue weighted by Crippen LogP contribution is 2.27. The van der Waals surface area contributed by atoms with Gasteiger partial charge in [-0.25, -0.2) is 4.79 Å². The van der Waals surface area contributed by atoms with Gasteiger partial charge in [-0.05, 0) is 36.4 Å². The van der Waals surface area contributed by atoms with Crippen LogP contribution in [0, 0.1) is 0 Å². The second kappa shape index (κ2) is 5.46.